The van der Waals surface area contributed by atoms with Crippen molar-refractivity contribution in [2.75, 3.05) is 0 Å². The Morgan fingerprint density at radius 2 is 1.85 bits per heavy atom. The molecular formula is C21H20N4O2. The molecular weight excluding hydrogens is 340 g/mol. The van der Waals surface area contributed by atoms with Crippen LogP contribution < -0.4 is 5.73 Å². The molecule has 0 aliphatic rings. The maximum Gasteiger partial charge on any atom is 0.248 e. The van der Waals surface area contributed by atoms with Crippen molar-refractivity contribution in [3.05, 3.63) is 58.7 Å². The van der Waals surface area contributed by atoms with Crippen LogP contribution in [0.25, 0.3) is 33.3 Å². The van der Waals surface area contributed by atoms with E-state index in [2.05, 4.69) is 27.3 Å². The predicted molar refractivity (Wildman–Crippen MR) is 104 cm³/mol. The van der Waals surface area contributed by atoms with Crippen LogP contribution in [0.5, 0.6) is 0 Å². The summed E-state index contributed by atoms with van der Waals surface area (Å²) in [5, 5.41) is 4.07. The Labute approximate surface area is 156 Å². The second-order valence-electron chi connectivity index (χ2n) is 6.84. The largest absolute Gasteiger partial charge is 0.366 e. The zero-order valence-corrected chi connectivity index (χ0v) is 15.7. The van der Waals surface area contributed by atoms with Crippen LogP contribution in [0.15, 0.2) is 34.9 Å². The Kier molecular flexibility index (Phi) is 3.84. The van der Waals surface area contributed by atoms with Crippen molar-refractivity contribution in [2.45, 2.75) is 27.7 Å². The van der Waals surface area contributed by atoms with Crippen LogP contribution in [-0.4, -0.2) is 21.0 Å². The molecule has 0 aliphatic heterocycles. The Morgan fingerprint density at radius 3 is 2.52 bits per heavy atom. The third kappa shape index (κ3) is 2.79. The van der Waals surface area contributed by atoms with Crippen molar-refractivity contribution < 1.29 is 9.32 Å². The summed E-state index contributed by atoms with van der Waals surface area (Å²) in [5.41, 5.74) is 13.4. The molecule has 0 atom stereocenters. The summed E-state index contributed by atoms with van der Waals surface area (Å²) in [6, 6.07) is 9.60. The molecule has 0 fully saturated rings. The number of hydrogen-bond acceptors (Lipinski definition) is 4. The second kappa shape index (κ2) is 6.09. The number of carbonyl (C=O) groups excluding carboxylic acids is 1. The zero-order valence-electron chi connectivity index (χ0n) is 15.7. The van der Waals surface area contributed by atoms with Crippen molar-refractivity contribution in [1.82, 2.24) is 15.1 Å². The fraction of sp³-hybridized carbons (Fsp3) is 0.190. The average molecular weight is 360 g/mol. The minimum Gasteiger partial charge on any atom is -0.366 e. The van der Waals surface area contributed by atoms with Gasteiger partial charge in [0, 0.05) is 16.7 Å². The van der Waals surface area contributed by atoms with Gasteiger partial charge in [-0.1, -0.05) is 11.2 Å². The molecule has 0 aliphatic carbocycles. The molecule has 0 saturated carbocycles. The molecule has 3 N–H and O–H groups in total. The standard InChI is InChI=1S/C21H20N4O2/c1-10-5-6-14(21(22)26)7-16(10)17-8-15(19-11(2)25-27-12(19)3)9-18-20(17)24-13(4)23-18/h5-9H,1-4H3,(H2,22,26)(H,23,24). The minimum absolute atomic E-state index is 0.451. The Balaban J connectivity index is 2.06. The number of nitrogens with one attached hydrogen (secondary N) is 1. The summed E-state index contributed by atoms with van der Waals surface area (Å²) in [7, 11) is 0. The van der Waals surface area contributed by atoms with Crippen LogP contribution in [0.2, 0.25) is 0 Å². The van der Waals surface area contributed by atoms with E-state index in [9.17, 15) is 4.79 Å². The summed E-state index contributed by atoms with van der Waals surface area (Å²) in [4.78, 5) is 19.7. The summed E-state index contributed by atoms with van der Waals surface area (Å²) in [6.45, 7) is 7.75. The number of fused-ring (bicyclic) bond motifs is 1. The van der Waals surface area contributed by atoms with Gasteiger partial charge in [-0.2, -0.15) is 0 Å². The number of aromatic amines is 1. The van der Waals surface area contributed by atoms with Crippen LogP contribution >= 0.6 is 0 Å². The van der Waals surface area contributed by atoms with E-state index in [1.807, 2.05) is 39.8 Å². The van der Waals surface area contributed by atoms with E-state index in [1.165, 1.54) is 0 Å². The van der Waals surface area contributed by atoms with Gasteiger partial charge in [-0.15, -0.1) is 0 Å². The third-order valence-corrected chi connectivity index (χ3v) is 4.84. The lowest BCUT2D eigenvalue weighted by Gasteiger charge is -2.11. The number of imidazole rings is 1. The number of hydrogen-bond donors (Lipinski definition) is 2. The topological polar surface area (TPSA) is 97.8 Å². The lowest BCUT2D eigenvalue weighted by atomic mass is 9.93. The number of aryl methyl sites for hydroxylation is 4. The zero-order chi connectivity index (χ0) is 19.3. The number of primary amides is 1. The molecule has 27 heavy (non-hydrogen) atoms. The van der Waals surface area contributed by atoms with Gasteiger partial charge < -0.3 is 15.2 Å². The molecule has 0 bridgehead atoms. The van der Waals surface area contributed by atoms with Crippen LogP contribution in [0, 0.1) is 27.7 Å². The van der Waals surface area contributed by atoms with Crippen molar-refractivity contribution in [3.63, 3.8) is 0 Å². The smallest absolute Gasteiger partial charge is 0.248 e. The number of amides is 1. The Bertz CT molecular complexity index is 1180. The first kappa shape index (κ1) is 17.0. The molecule has 136 valence electrons. The first-order valence-electron chi connectivity index (χ1n) is 8.69. The molecule has 6 nitrogen and oxygen atoms in total. The normalized spacial score (nSPS) is 11.3. The van der Waals surface area contributed by atoms with E-state index >= 15 is 0 Å². The Morgan fingerprint density at radius 1 is 1.07 bits per heavy atom. The molecule has 0 spiro atoms. The first-order chi connectivity index (χ1) is 12.8. The highest BCUT2D eigenvalue weighted by Gasteiger charge is 2.18. The summed E-state index contributed by atoms with van der Waals surface area (Å²) in [5.74, 6) is 1.13. The predicted octanol–water partition coefficient (Wildman–Crippen LogP) is 4.22. The average Bonchev–Trinajstić information content (AvgIpc) is 3.15. The summed E-state index contributed by atoms with van der Waals surface area (Å²) in [6.07, 6.45) is 0. The number of carbonyl (C=O) groups is 1. The molecule has 4 rings (SSSR count). The maximum atomic E-state index is 11.7. The molecule has 2 aromatic heterocycles. The van der Waals surface area contributed by atoms with Gasteiger partial charge in [0.15, 0.2) is 0 Å². The van der Waals surface area contributed by atoms with Crippen LogP contribution in [0.4, 0.5) is 0 Å². The van der Waals surface area contributed by atoms with Gasteiger partial charge in [0.1, 0.15) is 11.6 Å². The van der Waals surface area contributed by atoms with Gasteiger partial charge >= 0.3 is 0 Å². The van der Waals surface area contributed by atoms with E-state index in [4.69, 9.17) is 10.3 Å². The quantitative estimate of drug-likeness (QED) is 0.571. The number of rotatable bonds is 3. The molecule has 1 amide bonds. The lowest BCUT2D eigenvalue weighted by Crippen LogP contribution is -2.11. The van der Waals surface area contributed by atoms with E-state index in [1.54, 1.807) is 6.07 Å². The number of nitrogens with zero attached hydrogens (tertiary/aromatic N) is 2. The molecule has 2 aromatic carbocycles. The number of H-pyrrole nitrogens is 1. The minimum atomic E-state index is -0.451. The van der Waals surface area contributed by atoms with E-state index in [-0.39, 0.29) is 0 Å². The second-order valence-corrected chi connectivity index (χ2v) is 6.84. The van der Waals surface area contributed by atoms with Crippen LogP contribution in [0.1, 0.15) is 33.2 Å². The third-order valence-electron chi connectivity index (χ3n) is 4.84. The number of benzene rings is 2. The highest BCUT2D eigenvalue weighted by molar-refractivity contribution is 6.00. The highest BCUT2D eigenvalue weighted by atomic mass is 16.5. The fourth-order valence-electron chi connectivity index (χ4n) is 3.55. The lowest BCUT2D eigenvalue weighted by molar-refractivity contribution is 0.100. The number of nitrogens with two attached hydrogens (primary N) is 1. The first-order valence-corrected chi connectivity index (χ1v) is 8.69. The molecule has 0 unspecified atom stereocenters. The van der Waals surface area contributed by atoms with Crippen molar-refractivity contribution in [3.8, 4) is 22.3 Å². The SMILES string of the molecule is Cc1nc2c(-c3cc(C(N)=O)ccc3C)cc(-c3c(C)noc3C)cc2[nH]1. The Hall–Kier alpha value is -3.41. The van der Waals surface area contributed by atoms with Crippen molar-refractivity contribution in [1.29, 1.82) is 0 Å². The summed E-state index contributed by atoms with van der Waals surface area (Å²) >= 11 is 0. The van der Waals surface area contributed by atoms with E-state index in [0.717, 1.165) is 56.1 Å². The van der Waals surface area contributed by atoms with Gasteiger partial charge in [-0.05, 0) is 68.7 Å². The van der Waals surface area contributed by atoms with E-state index < -0.39 is 5.91 Å². The van der Waals surface area contributed by atoms with E-state index in [0.29, 0.717) is 5.56 Å². The van der Waals surface area contributed by atoms with Crippen LogP contribution in [-0.2, 0) is 0 Å². The molecule has 0 saturated heterocycles. The molecule has 4 aromatic rings. The number of aromatic nitrogens is 3. The highest BCUT2D eigenvalue weighted by Crippen LogP contribution is 2.37. The maximum absolute atomic E-state index is 11.7. The van der Waals surface area contributed by atoms with Crippen molar-refractivity contribution in [2.24, 2.45) is 5.73 Å². The molecule has 0 radical (unpaired) electrons. The van der Waals surface area contributed by atoms with Crippen molar-refractivity contribution >= 4 is 16.9 Å². The van der Waals surface area contributed by atoms with Crippen LogP contribution in [0.3, 0.4) is 0 Å². The van der Waals surface area contributed by atoms with Gasteiger partial charge in [-0.3, -0.25) is 4.79 Å². The summed E-state index contributed by atoms with van der Waals surface area (Å²) < 4.78 is 5.35. The van der Waals surface area contributed by atoms with Gasteiger partial charge in [0.25, 0.3) is 0 Å². The van der Waals surface area contributed by atoms with Gasteiger partial charge in [-0.25, -0.2) is 4.98 Å². The van der Waals surface area contributed by atoms with Gasteiger partial charge in [0.2, 0.25) is 5.91 Å². The monoisotopic (exact) mass is 360 g/mol. The fourth-order valence-corrected chi connectivity index (χ4v) is 3.55. The molecule has 6 heteroatoms. The van der Waals surface area contributed by atoms with Gasteiger partial charge in [0.05, 0.1) is 16.7 Å². The molecule has 2 heterocycles.